The molecule has 1 aliphatic rings. The van der Waals surface area contributed by atoms with Crippen LogP contribution in [0.3, 0.4) is 0 Å². The van der Waals surface area contributed by atoms with Gasteiger partial charge in [-0.2, -0.15) is 4.68 Å². The van der Waals surface area contributed by atoms with Gasteiger partial charge in [-0.1, -0.05) is 22.9 Å². The van der Waals surface area contributed by atoms with Gasteiger partial charge >= 0.3 is 0 Å². The number of carbonyl (C=O) groups is 1. The van der Waals surface area contributed by atoms with Crippen molar-refractivity contribution in [3.05, 3.63) is 34.1 Å². The largest absolute Gasteiger partial charge is 0.339 e. The van der Waals surface area contributed by atoms with E-state index in [-0.39, 0.29) is 5.91 Å². The van der Waals surface area contributed by atoms with Crippen LogP contribution in [-0.2, 0) is 5.54 Å². The highest BCUT2D eigenvalue weighted by Crippen LogP contribution is 2.30. The molecule has 0 radical (unpaired) electrons. The fourth-order valence-corrected chi connectivity index (χ4v) is 2.55. The third-order valence-electron chi connectivity index (χ3n) is 3.49. The zero-order chi connectivity index (χ0) is 13.6. The summed E-state index contributed by atoms with van der Waals surface area (Å²) < 4.78 is 2.47. The van der Waals surface area contributed by atoms with E-state index in [9.17, 15) is 4.79 Å². The van der Waals surface area contributed by atoms with Crippen molar-refractivity contribution >= 4 is 21.8 Å². The lowest BCUT2D eigenvalue weighted by molar-refractivity contribution is 0.0902. The van der Waals surface area contributed by atoms with Crippen LogP contribution in [-0.4, -0.2) is 26.1 Å². The average molecular weight is 322 g/mol. The van der Waals surface area contributed by atoms with Crippen LogP contribution in [0.5, 0.6) is 0 Å². The van der Waals surface area contributed by atoms with E-state index in [1.165, 1.54) is 0 Å². The molecule has 2 aromatic rings. The Hall–Kier alpha value is -1.76. The van der Waals surface area contributed by atoms with Crippen molar-refractivity contribution in [3.8, 4) is 5.69 Å². The van der Waals surface area contributed by atoms with Crippen molar-refractivity contribution in [1.29, 1.82) is 0 Å². The number of halogens is 1. The van der Waals surface area contributed by atoms with E-state index >= 15 is 0 Å². The molecule has 0 unspecified atom stereocenters. The lowest BCUT2D eigenvalue weighted by Crippen LogP contribution is -2.43. The van der Waals surface area contributed by atoms with Crippen molar-refractivity contribution < 1.29 is 4.79 Å². The minimum absolute atomic E-state index is 0.132. The van der Waals surface area contributed by atoms with Crippen LogP contribution in [0.25, 0.3) is 5.69 Å². The van der Waals surface area contributed by atoms with Gasteiger partial charge in [-0.25, -0.2) is 0 Å². The second-order valence-electron chi connectivity index (χ2n) is 4.72. The maximum atomic E-state index is 12.4. The number of rotatable bonds is 1. The molecule has 1 amide bonds. The van der Waals surface area contributed by atoms with E-state index in [2.05, 4.69) is 36.8 Å². The van der Waals surface area contributed by atoms with Gasteiger partial charge in [0.15, 0.2) is 5.82 Å². The minimum atomic E-state index is -0.577. The number of carbonyl (C=O) groups excluding carboxylic acids is 1. The average Bonchev–Trinajstić information content (AvgIpc) is 2.85. The van der Waals surface area contributed by atoms with Gasteiger partial charge in [0.2, 0.25) is 0 Å². The molecule has 19 heavy (non-hydrogen) atoms. The second kappa shape index (κ2) is 4.12. The Kier molecular flexibility index (Phi) is 2.67. The van der Waals surface area contributed by atoms with Crippen LogP contribution >= 0.6 is 15.9 Å². The Morgan fingerprint density at radius 2 is 2.26 bits per heavy atom. The summed E-state index contributed by atoms with van der Waals surface area (Å²) >= 11 is 3.38. The molecular formula is C12H12BrN5O. The number of amides is 1. The monoisotopic (exact) mass is 321 g/mol. The Morgan fingerprint density at radius 1 is 1.47 bits per heavy atom. The number of tetrazole rings is 1. The van der Waals surface area contributed by atoms with Crippen LogP contribution in [0.4, 0.5) is 0 Å². The summed E-state index contributed by atoms with van der Waals surface area (Å²) in [6.07, 6.45) is 0.703. The molecule has 1 N–H and O–H groups in total. The first-order valence-corrected chi connectivity index (χ1v) is 6.76. The number of aromatic nitrogens is 4. The van der Waals surface area contributed by atoms with Gasteiger partial charge in [0, 0.05) is 4.47 Å². The summed E-state index contributed by atoms with van der Waals surface area (Å²) in [6.45, 7) is 3.92. The minimum Gasteiger partial charge on any atom is -0.339 e. The lowest BCUT2D eigenvalue weighted by atomic mass is 9.98. The Labute approximate surface area is 118 Å². The van der Waals surface area contributed by atoms with Crippen molar-refractivity contribution in [1.82, 2.24) is 25.5 Å². The molecule has 0 fully saturated rings. The van der Waals surface area contributed by atoms with Gasteiger partial charge in [-0.15, -0.1) is 5.10 Å². The normalized spacial score (nSPS) is 21.3. The Balaban J connectivity index is 2.31. The smallest absolute Gasteiger partial charge is 0.254 e. The molecule has 98 valence electrons. The number of nitrogens with zero attached hydrogens (tertiary/aromatic N) is 4. The van der Waals surface area contributed by atoms with E-state index in [1.807, 2.05) is 26.0 Å². The van der Waals surface area contributed by atoms with Gasteiger partial charge in [-0.3, -0.25) is 4.79 Å². The molecule has 6 nitrogen and oxygen atoms in total. The van der Waals surface area contributed by atoms with Gasteiger partial charge in [0.1, 0.15) is 0 Å². The van der Waals surface area contributed by atoms with Crippen molar-refractivity contribution in [3.63, 3.8) is 0 Å². The molecule has 0 aliphatic carbocycles. The highest BCUT2D eigenvalue weighted by Gasteiger charge is 2.37. The van der Waals surface area contributed by atoms with Crippen molar-refractivity contribution in [2.45, 2.75) is 25.8 Å². The van der Waals surface area contributed by atoms with Crippen molar-refractivity contribution in [2.24, 2.45) is 0 Å². The topological polar surface area (TPSA) is 72.7 Å². The SMILES string of the molecule is CC[C@@]1(C)NC(=O)c2cc(Br)ccc2-n2nnnc21. The summed E-state index contributed by atoms with van der Waals surface area (Å²) in [5.74, 6) is 0.511. The molecule has 1 aromatic carbocycles. The lowest BCUT2D eigenvalue weighted by Gasteiger charge is -2.25. The molecular weight excluding hydrogens is 310 g/mol. The standard InChI is InChI=1S/C12H12BrN5O/c1-3-12(2)11-15-16-17-18(11)9-5-4-7(13)6-8(9)10(19)14-12/h4-6H,3H2,1-2H3,(H,14,19)/t12-/m1/s1. The summed E-state index contributed by atoms with van der Waals surface area (Å²) in [7, 11) is 0. The maximum absolute atomic E-state index is 12.4. The first-order chi connectivity index (χ1) is 9.05. The van der Waals surface area contributed by atoms with E-state index in [0.717, 1.165) is 4.47 Å². The third kappa shape index (κ3) is 1.76. The summed E-state index contributed by atoms with van der Waals surface area (Å²) in [5, 5.41) is 14.8. The summed E-state index contributed by atoms with van der Waals surface area (Å²) in [5.41, 5.74) is 0.671. The zero-order valence-corrected chi connectivity index (χ0v) is 12.1. The third-order valence-corrected chi connectivity index (χ3v) is 3.98. The van der Waals surface area contributed by atoms with Crippen LogP contribution in [0, 0.1) is 0 Å². The number of hydrogen-bond donors (Lipinski definition) is 1. The van der Waals surface area contributed by atoms with Crippen LogP contribution < -0.4 is 5.32 Å². The maximum Gasteiger partial charge on any atom is 0.254 e. The number of hydrogen-bond acceptors (Lipinski definition) is 4. The molecule has 1 aromatic heterocycles. The molecule has 2 heterocycles. The molecule has 0 bridgehead atoms. The zero-order valence-electron chi connectivity index (χ0n) is 10.5. The van der Waals surface area contributed by atoms with E-state index in [0.29, 0.717) is 23.5 Å². The fraction of sp³-hybridized carbons (Fsp3) is 0.333. The predicted molar refractivity (Wildman–Crippen MR) is 72.0 cm³/mol. The summed E-state index contributed by atoms with van der Waals surface area (Å²) in [4.78, 5) is 12.4. The van der Waals surface area contributed by atoms with Crippen LogP contribution in [0.15, 0.2) is 22.7 Å². The number of benzene rings is 1. The number of nitrogens with one attached hydrogen (secondary N) is 1. The molecule has 1 atom stereocenters. The highest BCUT2D eigenvalue weighted by molar-refractivity contribution is 9.10. The van der Waals surface area contributed by atoms with Gasteiger partial charge in [0.05, 0.1) is 16.8 Å². The van der Waals surface area contributed by atoms with Crippen LogP contribution in [0.2, 0.25) is 0 Å². The van der Waals surface area contributed by atoms with Crippen molar-refractivity contribution in [2.75, 3.05) is 0 Å². The molecule has 7 heteroatoms. The second-order valence-corrected chi connectivity index (χ2v) is 5.63. The van der Waals surface area contributed by atoms with E-state index in [4.69, 9.17) is 0 Å². The van der Waals surface area contributed by atoms with Gasteiger partial charge in [0.25, 0.3) is 5.91 Å². The molecule has 0 saturated heterocycles. The molecule has 3 rings (SSSR count). The highest BCUT2D eigenvalue weighted by atomic mass is 79.9. The molecule has 0 saturated carbocycles. The fourth-order valence-electron chi connectivity index (χ4n) is 2.19. The molecule has 0 spiro atoms. The van der Waals surface area contributed by atoms with Gasteiger partial charge in [-0.05, 0) is 42.0 Å². The Morgan fingerprint density at radius 3 is 3.00 bits per heavy atom. The van der Waals surface area contributed by atoms with E-state index in [1.54, 1.807) is 10.7 Å². The first kappa shape index (κ1) is 12.3. The predicted octanol–water partition coefficient (Wildman–Crippen LogP) is 1.79. The quantitative estimate of drug-likeness (QED) is 0.869. The summed E-state index contributed by atoms with van der Waals surface area (Å²) in [6, 6.07) is 5.48. The van der Waals surface area contributed by atoms with Crippen LogP contribution in [0.1, 0.15) is 36.5 Å². The number of fused-ring (bicyclic) bond motifs is 3. The first-order valence-electron chi connectivity index (χ1n) is 5.96. The van der Waals surface area contributed by atoms with E-state index < -0.39 is 5.54 Å². The Bertz CT molecular complexity index is 668. The molecule has 1 aliphatic heterocycles. The van der Waals surface area contributed by atoms with Gasteiger partial charge < -0.3 is 5.32 Å².